The van der Waals surface area contributed by atoms with Gasteiger partial charge in [0.2, 0.25) is 5.72 Å². The first-order chi connectivity index (χ1) is 13.2. The van der Waals surface area contributed by atoms with E-state index in [-0.39, 0.29) is 0 Å². The number of nitrogens with one attached hydrogen (secondary N) is 1. The van der Waals surface area contributed by atoms with Crippen LogP contribution < -0.4 is 5.32 Å². The first kappa shape index (κ1) is 16.7. The molecular formula is C22H16N4O. The molecule has 3 aromatic carbocycles. The molecule has 1 aliphatic heterocycles. The number of hydrogen-bond donors (Lipinski definition) is 2. The van der Waals surface area contributed by atoms with E-state index < -0.39 is 5.72 Å². The third-order valence-corrected chi connectivity index (χ3v) is 4.30. The highest BCUT2D eigenvalue weighted by atomic mass is 16.3. The minimum absolute atomic E-state index is 0.317. The van der Waals surface area contributed by atoms with Gasteiger partial charge in [-0.1, -0.05) is 60.7 Å². The maximum atomic E-state index is 11.4. The summed E-state index contributed by atoms with van der Waals surface area (Å²) in [7, 11) is 0. The number of rotatable bonds is 3. The number of para-hydroxylation sites is 1. The second-order valence-electron chi connectivity index (χ2n) is 6.11. The van der Waals surface area contributed by atoms with Crippen molar-refractivity contribution >= 4 is 17.4 Å². The quantitative estimate of drug-likeness (QED) is 0.754. The van der Waals surface area contributed by atoms with Crippen LogP contribution in [-0.2, 0) is 5.72 Å². The van der Waals surface area contributed by atoms with E-state index in [9.17, 15) is 5.11 Å². The summed E-state index contributed by atoms with van der Waals surface area (Å²) in [5, 5.41) is 23.6. The molecule has 0 aromatic heterocycles. The average Bonchev–Trinajstić information content (AvgIpc) is 3.07. The molecule has 1 heterocycles. The van der Waals surface area contributed by atoms with E-state index in [0.29, 0.717) is 22.8 Å². The molecule has 5 nitrogen and oxygen atoms in total. The van der Waals surface area contributed by atoms with E-state index >= 15 is 0 Å². The third kappa shape index (κ3) is 3.22. The molecule has 0 saturated carbocycles. The molecule has 0 bridgehead atoms. The van der Waals surface area contributed by atoms with E-state index in [4.69, 9.17) is 5.26 Å². The largest absolute Gasteiger partial charge is 0.359 e. The molecule has 2 N–H and O–H groups in total. The number of benzene rings is 3. The van der Waals surface area contributed by atoms with Gasteiger partial charge in [0.05, 0.1) is 11.6 Å². The summed E-state index contributed by atoms with van der Waals surface area (Å²) in [6.07, 6.45) is 0. The van der Waals surface area contributed by atoms with Crippen molar-refractivity contribution in [2.45, 2.75) is 5.72 Å². The van der Waals surface area contributed by atoms with Crippen LogP contribution in [0.1, 0.15) is 16.7 Å². The zero-order valence-corrected chi connectivity index (χ0v) is 14.4. The SMILES string of the molecule is N#Cc1ccc(C2(O)N=C(c3ccccc3)N=C2Nc2ccccc2)cc1. The van der Waals surface area contributed by atoms with Crippen LogP contribution in [0, 0.1) is 11.3 Å². The van der Waals surface area contributed by atoms with Crippen LogP contribution in [0.4, 0.5) is 5.69 Å². The predicted molar refractivity (Wildman–Crippen MR) is 106 cm³/mol. The van der Waals surface area contributed by atoms with Gasteiger partial charge in [0, 0.05) is 16.8 Å². The lowest BCUT2D eigenvalue weighted by molar-refractivity contribution is 0.125. The number of aliphatic imine (C=N–C) groups is 2. The Morgan fingerprint density at radius 3 is 2.11 bits per heavy atom. The van der Waals surface area contributed by atoms with Gasteiger partial charge in [-0.05, 0) is 24.3 Å². The summed E-state index contributed by atoms with van der Waals surface area (Å²) >= 11 is 0. The summed E-state index contributed by atoms with van der Waals surface area (Å²) in [6.45, 7) is 0. The maximum Gasteiger partial charge on any atom is 0.244 e. The highest BCUT2D eigenvalue weighted by Crippen LogP contribution is 2.31. The first-order valence-electron chi connectivity index (χ1n) is 8.48. The van der Waals surface area contributed by atoms with Crippen molar-refractivity contribution in [2.24, 2.45) is 9.98 Å². The molecule has 0 saturated heterocycles. The van der Waals surface area contributed by atoms with Crippen molar-refractivity contribution in [3.05, 3.63) is 102 Å². The van der Waals surface area contributed by atoms with Crippen LogP contribution in [0.5, 0.6) is 0 Å². The molecule has 1 atom stereocenters. The summed E-state index contributed by atoms with van der Waals surface area (Å²) < 4.78 is 0. The fourth-order valence-corrected chi connectivity index (χ4v) is 2.88. The van der Waals surface area contributed by atoms with E-state index in [1.165, 1.54) is 0 Å². The molecule has 0 amide bonds. The Morgan fingerprint density at radius 2 is 1.48 bits per heavy atom. The molecule has 0 fully saturated rings. The van der Waals surface area contributed by atoms with Gasteiger partial charge in [-0.25, -0.2) is 9.98 Å². The van der Waals surface area contributed by atoms with Gasteiger partial charge >= 0.3 is 0 Å². The van der Waals surface area contributed by atoms with Gasteiger partial charge in [-0.2, -0.15) is 5.26 Å². The molecule has 27 heavy (non-hydrogen) atoms. The van der Waals surface area contributed by atoms with Gasteiger partial charge in [0.1, 0.15) is 0 Å². The molecule has 4 rings (SSSR count). The summed E-state index contributed by atoms with van der Waals surface area (Å²) in [5.74, 6) is 0.762. The number of hydrogen-bond acceptors (Lipinski definition) is 5. The van der Waals surface area contributed by atoms with E-state index in [1.54, 1.807) is 24.3 Å². The van der Waals surface area contributed by atoms with Crippen molar-refractivity contribution < 1.29 is 5.11 Å². The van der Waals surface area contributed by atoms with Crippen LogP contribution in [0.2, 0.25) is 0 Å². The number of nitrogens with zero attached hydrogens (tertiary/aromatic N) is 3. The second-order valence-corrected chi connectivity index (χ2v) is 6.11. The van der Waals surface area contributed by atoms with Gasteiger partial charge in [-0.15, -0.1) is 0 Å². The van der Waals surface area contributed by atoms with E-state index in [1.807, 2.05) is 60.7 Å². The monoisotopic (exact) mass is 352 g/mol. The predicted octanol–water partition coefficient (Wildman–Crippen LogP) is 3.67. The van der Waals surface area contributed by atoms with E-state index in [0.717, 1.165) is 11.3 Å². The van der Waals surface area contributed by atoms with Gasteiger partial charge < -0.3 is 10.4 Å². The normalized spacial score (nSPS) is 18.4. The van der Waals surface area contributed by atoms with Gasteiger partial charge in [-0.3, -0.25) is 0 Å². The Bertz CT molecular complexity index is 1050. The molecule has 1 aliphatic rings. The smallest absolute Gasteiger partial charge is 0.244 e. The average molecular weight is 352 g/mol. The zero-order valence-electron chi connectivity index (χ0n) is 14.4. The molecule has 0 radical (unpaired) electrons. The fourth-order valence-electron chi connectivity index (χ4n) is 2.88. The fraction of sp³-hybridized carbons (Fsp3) is 0.0455. The van der Waals surface area contributed by atoms with Crippen LogP contribution in [0.15, 0.2) is 94.9 Å². The van der Waals surface area contributed by atoms with Gasteiger partial charge in [0.25, 0.3) is 0 Å². The highest BCUT2D eigenvalue weighted by molar-refractivity contribution is 6.17. The standard InChI is InChI=1S/C22H16N4O/c23-15-16-11-13-18(14-12-16)22(27)21(24-19-9-5-2-6-10-19)25-20(26-22)17-7-3-1-4-8-17/h1-14,27H,(H,24,25,26). The number of aliphatic hydroxyl groups is 1. The van der Waals surface area contributed by atoms with Gasteiger partial charge in [0.15, 0.2) is 11.7 Å². The molecule has 3 aromatic rings. The first-order valence-corrected chi connectivity index (χ1v) is 8.48. The minimum atomic E-state index is -1.66. The third-order valence-electron chi connectivity index (χ3n) is 4.30. The maximum absolute atomic E-state index is 11.4. The molecule has 130 valence electrons. The number of anilines is 1. The van der Waals surface area contributed by atoms with Crippen LogP contribution in [0.3, 0.4) is 0 Å². The Balaban J connectivity index is 1.78. The molecular weight excluding hydrogens is 336 g/mol. The number of amidine groups is 2. The van der Waals surface area contributed by atoms with Crippen molar-refractivity contribution in [3.63, 3.8) is 0 Å². The highest BCUT2D eigenvalue weighted by Gasteiger charge is 2.40. The van der Waals surface area contributed by atoms with Crippen LogP contribution >= 0.6 is 0 Å². The minimum Gasteiger partial charge on any atom is -0.359 e. The van der Waals surface area contributed by atoms with Crippen molar-refractivity contribution in [2.75, 3.05) is 5.32 Å². The Morgan fingerprint density at radius 1 is 0.852 bits per heavy atom. The number of nitriles is 1. The lowest BCUT2D eigenvalue weighted by atomic mass is 10.0. The summed E-state index contributed by atoms with van der Waals surface area (Å²) in [4.78, 5) is 9.08. The Labute approximate surface area is 157 Å². The van der Waals surface area contributed by atoms with Crippen molar-refractivity contribution in [1.82, 2.24) is 0 Å². The Kier molecular flexibility index (Phi) is 4.25. The lowest BCUT2D eigenvalue weighted by Crippen LogP contribution is -2.36. The summed E-state index contributed by atoms with van der Waals surface area (Å²) in [5.41, 5.74) is 1.01. The molecule has 5 heteroatoms. The van der Waals surface area contributed by atoms with E-state index in [2.05, 4.69) is 21.4 Å². The second kappa shape index (κ2) is 6.87. The zero-order chi connectivity index (χ0) is 18.7. The van der Waals surface area contributed by atoms with Crippen LogP contribution in [0.25, 0.3) is 0 Å². The van der Waals surface area contributed by atoms with Crippen molar-refractivity contribution in [3.8, 4) is 6.07 Å². The lowest BCUT2D eigenvalue weighted by Gasteiger charge is -2.23. The summed E-state index contributed by atoms with van der Waals surface area (Å²) in [6, 6.07) is 27.8. The topological polar surface area (TPSA) is 80.8 Å². The van der Waals surface area contributed by atoms with Crippen LogP contribution in [-0.4, -0.2) is 16.8 Å². The molecule has 1 unspecified atom stereocenters. The molecule has 0 aliphatic carbocycles. The Hall–Kier alpha value is -3.75. The molecule has 0 spiro atoms. The van der Waals surface area contributed by atoms with Crippen molar-refractivity contribution in [1.29, 1.82) is 5.26 Å².